The maximum atomic E-state index is 14.7. The van der Waals surface area contributed by atoms with Crippen molar-refractivity contribution in [3.05, 3.63) is 71.7 Å². The minimum atomic E-state index is -3.94. The van der Waals surface area contributed by atoms with Crippen LogP contribution in [-0.2, 0) is 24.4 Å². The summed E-state index contributed by atoms with van der Waals surface area (Å²) in [6.07, 6.45) is 8.61. The second kappa shape index (κ2) is 14.4. The van der Waals surface area contributed by atoms with Gasteiger partial charge < -0.3 is 20.3 Å². The molecule has 5 atom stereocenters. The number of aromatic nitrogens is 3. The van der Waals surface area contributed by atoms with Crippen LogP contribution in [-0.4, -0.2) is 87.4 Å². The fourth-order valence-electron chi connectivity index (χ4n) is 7.03. The number of nitrogens with zero attached hydrogens (tertiary/aromatic N) is 4. The van der Waals surface area contributed by atoms with Gasteiger partial charge in [-0.15, -0.1) is 0 Å². The Kier molecular flexibility index (Phi) is 9.86. The first-order chi connectivity index (χ1) is 25.4. The molecule has 3 aromatic rings. The van der Waals surface area contributed by atoms with E-state index in [1.165, 1.54) is 29.3 Å². The van der Waals surface area contributed by atoms with Crippen molar-refractivity contribution in [2.24, 2.45) is 5.92 Å². The van der Waals surface area contributed by atoms with Crippen LogP contribution in [0.25, 0.3) is 11.0 Å². The van der Waals surface area contributed by atoms with E-state index in [0.29, 0.717) is 49.7 Å². The minimum absolute atomic E-state index is 0.00487. The quantitative estimate of drug-likeness (QED) is 0.303. The molecule has 5 unspecified atom stereocenters. The number of sulfonamides is 1. The molecule has 0 bridgehead atoms. The summed E-state index contributed by atoms with van der Waals surface area (Å²) in [5, 5.41) is 4.77. The zero-order valence-electron chi connectivity index (χ0n) is 28.9. The molecule has 1 saturated heterocycles. The Labute approximate surface area is 304 Å². The number of aryl methyl sites for hydroxylation is 1. The normalized spacial score (nSPS) is 27.0. The number of carbonyl (C=O) groups excluding carboxylic acids is 4. The lowest BCUT2D eigenvalue weighted by molar-refractivity contribution is -0.141. The lowest BCUT2D eigenvalue weighted by atomic mass is 10.0. The van der Waals surface area contributed by atoms with E-state index in [0.717, 1.165) is 6.20 Å². The van der Waals surface area contributed by atoms with Gasteiger partial charge in [0, 0.05) is 18.5 Å². The van der Waals surface area contributed by atoms with Crippen LogP contribution in [0.3, 0.4) is 0 Å². The van der Waals surface area contributed by atoms with Crippen LogP contribution < -0.4 is 20.1 Å². The Hall–Kier alpha value is -5.06. The third-order valence-electron chi connectivity index (χ3n) is 10.2. The number of amides is 4. The second-order valence-electron chi connectivity index (χ2n) is 14.1. The molecule has 14 nitrogen and oxygen atoms in total. The van der Waals surface area contributed by atoms with Crippen LogP contribution in [0.15, 0.2) is 48.8 Å². The van der Waals surface area contributed by atoms with Crippen LogP contribution >= 0.6 is 0 Å². The molecule has 4 amide bonds. The first-order valence-electron chi connectivity index (χ1n) is 17.7. The van der Waals surface area contributed by atoms with E-state index in [-0.39, 0.29) is 42.8 Å². The molecule has 0 spiro atoms. The highest BCUT2D eigenvalue weighted by molar-refractivity contribution is 7.91. The summed E-state index contributed by atoms with van der Waals surface area (Å²) in [5.74, 6) is -5.04. The molecule has 3 N–H and O–H groups in total. The average Bonchev–Trinajstić information content (AvgIpc) is 4.04. The van der Waals surface area contributed by atoms with Gasteiger partial charge in [-0.1, -0.05) is 31.1 Å². The molecule has 1 aromatic carbocycles. The number of pyridine rings is 1. The molecule has 2 aliphatic carbocycles. The van der Waals surface area contributed by atoms with Gasteiger partial charge in [-0.25, -0.2) is 27.2 Å². The first-order valence-corrected chi connectivity index (χ1v) is 19.3. The van der Waals surface area contributed by atoms with E-state index < -0.39 is 80.2 Å². The molecule has 4 heterocycles. The van der Waals surface area contributed by atoms with Gasteiger partial charge in [-0.2, -0.15) is 0 Å². The monoisotopic (exact) mass is 751 g/mol. The van der Waals surface area contributed by atoms with Gasteiger partial charge in [-0.05, 0) is 63.6 Å². The average molecular weight is 752 g/mol. The zero-order chi connectivity index (χ0) is 37.5. The number of ether oxygens (including phenoxy) is 1. The third-order valence-corrected chi connectivity index (χ3v) is 12.0. The number of halogens is 2. The van der Waals surface area contributed by atoms with E-state index in [2.05, 4.69) is 30.3 Å². The molecule has 2 saturated carbocycles. The van der Waals surface area contributed by atoms with E-state index in [9.17, 15) is 36.4 Å². The smallest absolute Gasteiger partial charge is 0.259 e. The molecular formula is C36H39F2N7O7S. The van der Waals surface area contributed by atoms with Gasteiger partial charge >= 0.3 is 0 Å². The van der Waals surface area contributed by atoms with Crippen molar-refractivity contribution in [1.29, 1.82) is 0 Å². The van der Waals surface area contributed by atoms with E-state index in [4.69, 9.17) is 4.74 Å². The summed E-state index contributed by atoms with van der Waals surface area (Å²) < 4.78 is 63.1. The summed E-state index contributed by atoms with van der Waals surface area (Å²) in [6, 6.07) is 3.13. The highest BCUT2D eigenvalue weighted by Gasteiger charge is 2.62. The first kappa shape index (κ1) is 36.3. The molecule has 3 fully saturated rings. The molecule has 2 aliphatic heterocycles. The predicted molar refractivity (Wildman–Crippen MR) is 186 cm³/mol. The topological polar surface area (TPSA) is 190 Å². The standard InChI is InChI=1S/C36H39F2N7O7S/c1-20-33(42-30-25(37)9-7-11-27(30)40-20)52-22-16-29-32(47)43-36(35(49)44-53(50,51)23-12-13-23)17-21(36)8-5-3-2-4-6-10-28(34(48)45(29)19-22)41-31(46)24-14-15-39-18-26(24)38/h5,7-9,11,14-15,18,21-23,28-29H,2-4,6,10,12-13,16-17,19H2,1H3,(H,41,46)(H,43,47)(H,44,49)/b8-5-. The highest BCUT2D eigenvalue weighted by Crippen LogP contribution is 2.46. The zero-order valence-corrected chi connectivity index (χ0v) is 29.7. The number of benzene rings is 1. The predicted octanol–water partition coefficient (Wildman–Crippen LogP) is 2.76. The van der Waals surface area contributed by atoms with Crippen molar-refractivity contribution in [3.8, 4) is 5.88 Å². The summed E-state index contributed by atoms with van der Waals surface area (Å²) in [4.78, 5) is 69.3. The summed E-state index contributed by atoms with van der Waals surface area (Å²) in [6.45, 7) is 1.46. The SMILES string of the molecule is Cc1nc2cccc(F)c2nc1OC1CC2C(=O)NC3(C(=O)NS(=O)(=O)C4CC4)CC3/C=C\CCCCCC(NC(=O)c3ccncc3F)C(=O)N2C1. The van der Waals surface area contributed by atoms with Crippen LogP contribution in [0.1, 0.15) is 73.8 Å². The van der Waals surface area contributed by atoms with Crippen molar-refractivity contribution in [2.45, 2.75) is 93.7 Å². The van der Waals surface area contributed by atoms with Crippen molar-refractivity contribution >= 4 is 44.7 Å². The largest absolute Gasteiger partial charge is 0.471 e. The van der Waals surface area contributed by atoms with Crippen LogP contribution in [0, 0.1) is 24.5 Å². The number of hydrogen-bond donors (Lipinski definition) is 3. The van der Waals surface area contributed by atoms with Gasteiger partial charge in [0.15, 0.2) is 11.6 Å². The van der Waals surface area contributed by atoms with E-state index in [1.807, 2.05) is 6.08 Å². The van der Waals surface area contributed by atoms with E-state index >= 15 is 0 Å². The third kappa shape index (κ3) is 7.57. The molecule has 280 valence electrons. The van der Waals surface area contributed by atoms with Gasteiger partial charge in [0.05, 0.1) is 29.1 Å². The number of hydrogen-bond acceptors (Lipinski definition) is 10. The molecule has 7 rings (SSSR count). The molecule has 4 aliphatic rings. The number of rotatable bonds is 7. The van der Waals surface area contributed by atoms with Gasteiger partial charge in [0.25, 0.3) is 11.8 Å². The van der Waals surface area contributed by atoms with Crippen molar-refractivity contribution in [1.82, 2.24) is 35.2 Å². The Morgan fingerprint density at radius 3 is 2.64 bits per heavy atom. The van der Waals surface area contributed by atoms with E-state index in [1.54, 1.807) is 19.1 Å². The maximum Gasteiger partial charge on any atom is 0.259 e. The van der Waals surface area contributed by atoms with Gasteiger partial charge in [0.2, 0.25) is 27.7 Å². The summed E-state index contributed by atoms with van der Waals surface area (Å²) in [7, 11) is -3.94. The van der Waals surface area contributed by atoms with Crippen LogP contribution in [0.2, 0.25) is 0 Å². The Bertz CT molecular complexity index is 2110. The highest BCUT2D eigenvalue weighted by atomic mass is 32.2. The second-order valence-corrected chi connectivity index (χ2v) is 16.1. The fraction of sp³-hybridized carbons (Fsp3) is 0.472. The maximum absolute atomic E-state index is 14.7. The minimum Gasteiger partial charge on any atom is -0.471 e. The number of para-hydroxylation sites is 1. The molecule has 0 radical (unpaired) electrons. The Morgan fingerprint density at radius 1 is 1.06 bits per heavy atom. The lowest BCUT2D eigenvalue weighted by Gasteiger charge is -2.30. The number of nitrogens with one attached hydrogen (secondary N) is 3. The Morgan fingerprint density at radius 2 is 1.87 bits per heavy atom. The number of carbonyl (C=O) groups is 4. The molecule has 2 aromatic heterocycles. The number of fused-ring (bicyclic) bond motifs is 3. The van der Waals surface area contributed by atoms with Crippen LogP contribution in [0.4, 0.5) is 8.78 Å². The fourth-order valence-corrected chi connectivity index (χ4v) is 8.39. The van der Waals surface area contributed by atoms with Crippen molar-refractivity contribution < 1.29 is 41.1 Å². The Balaban J connectivity index is 1.20. The molecular weight excluding hydrogens is 713 g/mol. The molecule has 17 heteroatoms. The van der Waals surface area contributed by atoms with Gasteiger partial charge in [-0.3, -0.25) is 28.9 Å². The van der Waals surface area contributed by atoms with Gasteiger partial charge in [0.1, 0.15) is 34.9 Å². The van der Waals surface area contributed by atoms with Crippen molar-refractivity contribution in [2.75, 3.05) is 6.54 Å². The number of allylic oxidation sites excluding steroid dienone is 1. The lowest BCUT2D eigenvalue weighted by Crippen LogP contribution is -2.58. The van der Waals surface area contributed by atoms with Crippen LogP contribution in [0.5, 0.6) is 5.88 Å². The molecule has 53 heavy (non-hydrogen) atoms. The summed E-state index contributed by atoms with van der Waals surface area (Å²) in [5.41, 5.74) is -1.26. The summed E-state index contributed by atoms with van der Waals surface area (Å²) >= 11 is 0. The van der Waals surface area contributed by atoms with Crippen molar-refractivity contribution in [3.63, 3.8) is 0 Å².